The van der Waals surface area contributed by atoms with E-state index < -0.39 is 15.8 Å². The highest BCUT2D eigenvalue weighted by Crippen LogP contribution is 2.31. The second kappa shape index (κ2) is 9.96. The largest absolute Gasteiger partial charge is 0.292 e. The minimum atomic E-state index is -3.67. The van der Waals surface area contributed by atoms with Gasteiger partial charge in [-0.15, -0.1) is 21.5 Å². The van der Waals surface area contributed by atoms with E-state index in [0.29, 0.717) is 31.4 Å². The number of Topliss-reactive ketones (excluding diaryl/α,β-unsaturated/α-hetero) is 1. The Bertz CT molecular complexity index is 1450. The Labute approximate surface area is 209 Å². The molecule has 0 saturated carbocycles. The summed E-state index contributed by atoms with van der Waals surface area (Å²) in [5.74, 6) is -0.0743. The first-order chi connectivity index (χ1) is 16.2. The molecule has 0 atom stereocenters. The molecular weight excluding hydrogens is 519 g/mol. The molecular formula is C22H18ClFN4O3S3. The molecule has 2 aromatic carbocycles. The smallest absolute Gasteiger partial charge is 0.242 e. The zero-order chi connectivity index (χ0) is 24.5. The van der Waals surface area contributed by atoms with Gasteiger partial charge in [0.15, 0.2) is 16.8 Å². The second-order valence-corrected chi connectivity index (χ2v) is 12.1. The van der Waals surface area contributed by atoms with Gasteiger partial charge in [0, 0.05) is 25.3 Å². The molecule has 4 rings (SSSR count). The number of hydrogen-bond acceptors (Lipinski definition) is 7. The van der Waals surface area contributed by atoms with Crippen LogP contribution in [0.15, 0.2) is 70.7 Å². The van der Waals surface area contributed by atoms with Crippen molar-refractivity contribution in [3.05, 3.63) is 75.7 Å². The van der Waals surface area contributed by atoms with E-state index in [1.165, 1.54) is 61.5 Å². The third kappa shape index (κ3) is 5.08. The first-order valence-electron chi connectivity index (χ1n) is 9.82. The molecule has 0 fully saturated rings. The second-order valence-electron chi connectivity index (χ2n) is 7.25. The maximum Gasteiger partial charge on any atom is 0.242 e. The van der Waals surface area contributed by atoms with Gasteiger partial charge in [0.25, 0.3) is 0 Å². The van der Waals surface area contributed by atoms with E-state index in [9.17, 15) is 17.6 Å². The number of aromatic nitrogens is 3. The highest BCUT2D eigenvalue weighted by atomic mass is 35.5. The molecule has 7 nitrogen and oxygen atoms in total. The lowest BCUT2D eigenvalue weighted by atomic mass is 10.2. The van der Waals surface area contributed by atoms with Gasteiger partial charge < -0.3 is 0 Å². The summed E-state index contributed by atoms with van der Waals surface area (Å²) in [6.45, 7) is 0. The van der Waals surface area contributed by atoms with Gasteiger partial charge in [0.2, 0.25) is 10.0 Å². The summed E-state index contributed by atoms with van der Waals surface area (Å²) in [6, 6.07) is 15.4. The lowest BCUT2D eigenvalue weighted by molar-refractivity contribution is 0.102. The summed E-state index contributed by atoms with van der Waals surface area (Å²) in [5, 5.41) is 8.91. The number of halogens is 2. The molecule has 0 radical (unpaired) electrons. The summed E-state index contributed by atoms with van der Waals surface area (Å²) < 4.78 is 42.1. The number of carbonyl (C=O) groups is 1. The number of sulfonamides is 1. The number of ketones is 1. The van der Waals surface area contributed by atoms with Crippen molar-refractivity contribution in [1.82, 2.24) is 19.1 Å². The van der Waals surface area contributed by atoms with Gasteiger partial charge in [-0.1, -0.05) is 35.5 Å². The summed E-state index contributed by atoms with van der Waals surface area (Å²) in [7, 11) is -0.759. The van der Waals surface area contributed by atoms with Crippen LogP contribution in [-0.4, -0.2) is 53.1 Å². The molecule has 0 aliphatic heterocycles. The number of carbonyl (C=O) groups excluding carboxylic acids is 1. The third-order valence-corrected chi connectivity index (χ3v) is 8.78. The highest BCUT2D eigenvalue weighted by Gasteiger charge is 2.22. The number of rotatable bonds is 8. The van der Waals surface area contributed by atoms with Gasteiger partial charge in [0.05, 0.1) is 19.9 Å². The average molecular weight is 537 g/mol. The molecule has 0 aliphatic rings. The van der Waals surface area contributed by atoms with Crippen LogP contribution in [0.1, 0.15) is 9.67 Å². The summed E-state index contributed by atoms with van der Waals surface area (Å²) in [5.41, 5.74) is 1.07. The number of thioether (sulfide) groups is 1. The molecule has 176 valence electrons. The average Bonchev–Trinajstić information content (AvgIpc) is 3.44. The van der Waals surface area contributed by atoms with Crippen LogP contribution >= 0.6 is 34.7 Å². The van der Waals surface area contributed by atoms with Gasteiger partial charge in [-0.2, -0.15) is 0 Å². The molecule has 0 spiro atoms. The predicted octanol–water partition coefficient (Wildman–Crippen LogP) is 5.01. The highest BCUT2D eigenvalue weighted by molar-refractivity contribution is 7.99. The van der Waals surface area contributed by atoms with Crippen LogP contribution in [0.2, 0.25) is 4.34 Å². The van der Waals surface area contributed by atoms with E-state index in [-0.39, 0.29) is 16.4 Å². The van der Waals surface area contributed by atoms with Crippen molar-refractivity contribution in [3.63, 3.8) is 0 Å². The number of nitrogens with zero attached hydrogens (tertiary/aromatic N) is 4. The van der Waals surface area contributed by atoms with Gasteiger partial charge >= 0.3 is 0 Å². The molecule has 34 heavy (non-hydrogen) atoms. The number of benzene rings is 2. The molecule has 0 bridgehead atoms. The van der Waals surface area contributed by atoms with Crippen molar-refractivity contribution in [2.45, 2.75) is 10.1 Å². The van der Waals surface area contributed by atoms with Crippen LogP contribution in [0.25, 0.3) is 17.1 Å². The lowest BCUT2D eigenvalue weighted by Gasteiger charge is -2.13. The molecule has 12 heteroatoms. The molecule has 4 aromatic rings. The van der Waals surface area contributed by atoms with Crippen molar-refractivity contribution >= 4 is 50.5 Å². The van der Waals surface area contributed by atoms with E-state index >= 15 is 0 Å². The SMILES string of the molecule is CN(C)S(=O)(=O)c1cccc(-c2nnc(SCC(=O)c3ccc(Cl)s3)n2-c2ccc(F)cc2)c1. The van der Waals surface area contributed by atoms with Crippen LogP contribution in [-0.2, 0) is 10.0 Å². The topological polar surface area (TPSA) is 85.2 Å². The van der Waals surface area contributed by atoms with E-state index in [2.05, 4.69) is 10.2 Å². The monoisotopic (exact) mass is 536 g/mol. The Morgan fingerprint density at radius 2 is 1.85 bits per heavy atom. The van der Waals surface area contributed by atoms with Crippen molar-refractivity contribution in [1.29, 1.82) is 0 Å². The normalized spacial score (nSPS) is 11.8. The Kier molecular flexibility index (Phi) is 7.20. The fourth-order valence-corrected chi connectivity index (χ4v) is 5.90. The summed E-state index contributed by atoms with van der Waals surface area (Å²) in [6.07, 6.45) is 0. The zero-order valence-electron chi connectivity index (χ0n) is 18.0. The molecule has 0 unspecified atom stereocenters. The third-order valence-electron chi connectivity index (χ3n) is 4.77. The van der Waals surface area contributed by atoms with Crippen molar-refractivity contribution < 1.29 is 17.6 Å². The predicted molar refractivity (Wildman–Crippen MR) is 132 cm³/mol. The molecule has 0 N–H and O–H groups in total. The molecule has 0 aliphatic carbocycles. The molecule has 0 amide bonds. The lowest BCUT2D eigenvalue weighted by Crippen LogP contribution is -2.22. The van der Waals surface area contributed by atoms with Gasteiger partial charge in [-0.05, 0) is 48.5 Å². The van der Waals surface area contributed by atoms with Gasteiger partial charge in [0.1, 0.15) is 5.82 Å². The minimum absolute atomic E-state index is 0.0885. The quantitative estimate of drug-likeness (QED) is 0.232. The standard InChI is InChI=1S/C22H18ClFN4O3S3/c1-27(2)34(30,31)17-5-3-4-14(12-17)21-25-26-22(28(21)16-8-6-15(24)7-9-16)32-13-18(29)19-10-11-20(23)33-19/h3-12H,13H2,1-2H3. The molecule has 2 aromatic heterocycles. The Hall–Kier alpha value is -2.57. The summed E-state index contributed by atoms with van der Waals surface area (Å²) >= 11 is 8.30. The number of thiophene rings is 1. The van der Waals surface area contributed by atoms with Crippen LogP contribution < -0.4 is 0 Å². The van der Waals surface area contributed by atoms with E-state index in [4.69, 9.17) is 11.6 Å². The Balaban J connectivity index is 1.75. The molecule has 2 heterocycles. The summed E-state index contributed by atoms with van der Waals surface area (Å²) in [4.78, 5) is 13.2. The van der Waals surface area contributed by atoms with Crippen LogP contribution in [0.4, 0.5) is 4.39 Å². The van der Waals surface area contributed by atoms with Crippen molar-refractivity contribution in [3.8, 4) is 17.1 Å². The van der Waals surface area contributed by atoms with Crippen LogP contribution in [0.3, 0.4) is 0 Å². The van der Waals surface area contributed by atoms with Crippen LogP contribution in [0.5, 0.6) is 0 Å². The van der Waals surface area contributed by atoms with Crippen molar-refractivity contribution in [2.75, 3.05) is 19.8 Å². The van der Waals surface area contributed by atoms with Crippen molar-refractivity contribution in [2.24, 2.45) is 0 Å². The van der Waals surface area contributed by atoms with E-state index in [1.807, 2.05) is 0 Å². The first kappa shape index (κ1) is 24.6. The fourth-order valence-electron chi connectivity index (χ4n) is 3.05. The maximum absolute atomic E-state index is 13.6. The number of hydrogen-bond donors (Lipinski definition) is 0. The maximum atomic E-state index is 13.6. The molecule has 0 saturated heterocycles. The van der Waals surface area contributed by atoms with Gasteiger partial charge in [-0.3, -0.25) is 9.36 Å². The van der Waals surface area contributed by atoms with E-state index in [0.717, 1.165) is 4.31 Å². The minimum Gasteiger partial charge on any atom is -0.292 e. The Morgan fingerprint density at radius 1 is 1.12 bits per heavy atom. The fraction of sp³-hybridized carbons (Fsp3) is 0.136. The first-order valence-corrected chi connectivity index (χ1v) is 13.4. The van der Waals surface area contributed by atoms with Gasteiger partial charge in [-0.25, -0.2) is 17.1 Å². The zero-order valence-corrected chi connectivity index (χ0v) is 21.2. The Morgan fingerprint density at radius 3 is 2.50 bits per heavy atom. The van der Waals surface area contributed by atoms with E-state index in [1.54, 1.807) is 41.0 Å². The van der Waals surface area contributed by atoms with Crippen LogP contribution in [0, 0.1) is 5.82 Å².